The molecule has 3 heterocycles. The van der Waals surface area contributed by atoms with Crippen LogP contribution in [0.25, 0.3) is 11.0 Å². The van der Waals surface area contributed by atoms with Gasteiger partial charge in [0, 0.05) is 35.3 Å². The number of hydrogen-bond donors (Lipinski definition) is 0. The minimum absolute atomic E-state index is 0.383. The van der Waals surface area contributed by atoms with E-state index in [1.165, 1.54) is 5.69 Å². The van der Waals surface area contributed by atoms with Crippen molar-refractivity contribution in [1.82, 2.24) is 9.97 Å². The van der Waals surface area contributed by atoms with Gasteiger partial charge >= 0.3 is 0 Å². The van der Waals surface area contributed by atoms with Gasteiger partial charge in [0.2, 0.25) is 0 Å². The summed E-state index contributed by atoms with van der Waals surface area (Å²) in [6, 6.07) is 4.07. The molecule has 1 aliphatic heterocycles. The molecule has 112 valence electrons. The minimum atomic E-state index is 0.383. The lowest BCUT2D eigenvalue weighted by Gasteiger charge is -2.33. The SMILES string of the molecule is BrCCOC1CCN(c2ccnc3cc(Br)cnc23)CC1. The largest absolute Gasteiger partial charge is 0.377 e. The molecule has 0 aliphatic carbocycles. The molecule has 21 heavy (non-hydrogen) atoms. The lowest BCUT2D eigenvalue weighted by atomic mass is 10.1. The van der Waals surface area contributed by atoms with Crippen LogP contribution < -0.4 is 4.90 Å². The van der Waals surface area contributed by atoms with Crippen molar-refractivity contribution < 1.29 is 4.74 Å². The quantitative estimate of drug-likeness (QED) is 0.713. The summed E-state index contributed by atoms with van der Waals surface area (Å²) < 4.78 is 6.77. The van der Waals surface area contributed by atoms with E-state index in [1.807, 2.05) is 18.5 Å². The van der Waals surface area contributed by atoms with Gasteiger partial charge in [0.15, 0.2) is 0 Å². The molecule has 0 spiro atoms. The Morgan fingerprint density at radius 3 is 2.86 bits per heavy atom. The van der Waals surface area contributed by atoms with E-state index < -0.39 is 0 Å². The lowest BCUT2D eigenvalue weighted by molar-refractivity contribution is 0.0481. The molecule has 0 atom stereocenters. The Bertz CT molecular complexity index is 615. The standard InChI is InChI=1S/C15H17Br2N3O/c16-4-8-21-12-2-6-20(7-3-12)14-1-5-18-13-9-11(17)10-19-15(13)14/h1,5,9-10,12H,2-4,6-8H2. The fourth-order valence-corrected chi connectivity index (χ4v) is 3.23. The van der Waals surface area contributed by atoms with Crippen LogP contribution >= 0.6 is 31.9 Å². The summed E-state index contributed by atoms with van der Waals surface area (Å²) in [5.41, 5.74) is 3.08. The predicted molar refractivity (Wildman–Crippen MR) is 92.2 cm³/mol. The van der Waals surface area contributed by atoms with Gasteiger partial charge in [0.1, 0.15) is 5.52 Å². The molecular formula is C15H17Br2N3O. The van der Waals surface area contributed by atoms with Crippen LogP contribution in [0.5, 0.6) is 0 Å². The summed E-state index contributed by atoms with van der Waals surface area (Å²) >= 11 is 6.85. The van der Waals surface area contributed by atoms with Crippen LogP contribution in [0.2, 0.25) is 0 Å². The van der Waals surface area contributed by atoms with Crippen LogP contribution in [0.4, 0.5) is 5.69 Å². The van der Waals surface area contributed by atoms with Crippen molar-refractivity contribution in [2.45, 2.75) is 18.9 Å². The number of piperidine rings is 1. The average molecular weight is 415 g/mol. The van der Waals surface area contributed by atoms with Gasteiger partial charge < -0.3 is 9.64 Å². The summed E-state index contributed by atoms with van der Waals surface area (Å²) in [5.74, 6) is 0. The van der Waals surface area contributed by atoms with E-state index in [4.69, 9.17) is 4.74 Å². The molecule has 2 aromatic rings. The second-order valence-corrected chi connectivity index (χ2v) is 6.81. The number of anilines is 1. The highest BCUT2D eigenvalue weighted by molar-refractivity contribution is 9.10. The number of halogens is 2. The first-order valence-corrected chi connectivity index (χ1v) is 9.02. The summed E-state index contributed by atoms with van der Waals surface area (Å²) in [6.07, 6.45) is 6.20. The molecule has 6 heteroatoms. The highest BCUT2D eigenvalue weighted by atomic mass is 79.9. The third-order valence-corrected chi connectivity index (χ3v) is 4.49. The Labute approximate surface area is 141 Å². The molecule has 4 nitrogen and oxygen atoms in total. The number of ether oxygens (including phenoxy) is 1. The predicted octanol–water partition coefficient (Wildman–Crippen LogP) is 3.77. The Balaban J connectivity index is 1.76. The van der Waals surface area contributed by atoms with E-state index >= 15 is 0 Å². The van der Waals surface area contributed by atoms with E-state index in [9.17, 15) is 0 Å². The number of hydrogen-bond acceptors (Lipinski definition) is 4. The van der Waals surface area contributed by atoms with Crippen molar-refractivity contribution in [3.05, 3.63) is 29.0 Å². The van der Waals surface area contributed by atoms with Gasteiger partial charge in [-0.2, -0.15) is 0 Å². The fourth-order valence-electron chi connectivity index (χ4n) is 2.72. The number of aromatic nitrogens is 2. The number of pyridine rings is 2. The normalized spacial score (nSPS) is 16.6. The lowest BCUT2D eigenvalue weighted by Crippen LogP contribution is -2.37. The topological polar surface area (TPSA) is 38.2 Å². The maximum absolute atomic E-state index is 5.81. The summed E-state index contributed by atoms with van der Waals surface area (Å²) in [4.78, 5) is 11.3. The first-order chi connectivity index (χ1) is 10.3. The minimum Gasteiger partial charge on any atom is -0.377 e. The van der Waals surface area contributed by atoms with Crippen molar-refractivity contribution in [3.8, 4) is 0 Å². The van der Waals surface area contributed by atoms with Crippen molar-refractivity contribution in [1.29, 1.82) is 0 Å². The van der Waals surface area contributed by atoms with E-state index in [0.29, 0.717) is 6.10 Å². The summed E-state index contributed by atoms with van der Waals surface area (Å²) in [6.45, 7) is 2.80. The van der Waals surface area contributed by atoms with Gasteiger partial charge in [0.05, 0.1) is 23.9 Å². The third-order valence-electron chi connectivity index (χ3n) is 3.74. The van der Waals surface area contributed by atoms with Gasteiger partial charge in [-0.3, -0.25) is 9.97 Å². The zero-order chi connectivity index (χ0) is 14.7. The van der Waals surface area contributed by atoms with E-state index in [-0.39, 0.29) is 0 Å². The molecule has 3 rings (SSSR count). The highest BCUT2D eigenvalue weighted by Crippen LogP contribution is 2.28. The molecule has 1 fully saturated rings. The van der Waals surface area contributed by atoms with Crippen molar-refractivity contribution in [3.63, 3.8) is 0 Å². The number of alkyl halides is 1. The zero-order valence-corrected chi connectivity index (χ0v) is 14.8. The Morgan fingerprint density at radius 2 is 2.10 bits per heavy atom. The molecule has 0 aromatic carbocycles. The molecule has 0 amide bonds. The van der Waals surface area contributed by atoms with Gasteiger partial charge in [0.25, 0.3) is 0 Å². The summed E-state index contributed by atoms with van der Waals surface area (Å²) in [5, 5.41) is 0.904. The second kappa shape index (κ2) is 7.03. The van der Waals surface area contributed by atoms with Crippen molar-refractivity contribution >= 4 is 48.6 Å². The van der Waals surface area contributed by atoms with Gasteiger partial charge in [-0.15, -0.1) is 0 Å². The molecule has 0 radical (unpaired) electrons. The maximum Gasteiger partial charge on any atom is 0.112 e. The van der Waals surface area contributed by atoms with Gasteiger partial charge in [-0.1, -0.05) is 15.9 Å². The van der Waals surface area contributed by atoms with Crippen LogP contribution in [0.1, 0.15) is 12.8 Å². The van der Waals surface area contributed by atoms with Crippen molar-refractivity contribution in [2.24, 2.45) is 0 Å². The molecular weight excluding hydrogens is 398 g/mol. The van der Waals surface area contributed by atoms with Crippen molar-refractivity contribution in [2.75, 3.05) is 29.9 Å². The number of rotatable bonds is 4. The Morgan fingerprint density at radius 1 is 1.29 bits per heavy atom. The van der Waals surface area contributed by atoms with E-state index in [0.717, 1.165) is 53.4 Å². The summed E-state index contributed by atoms with van der Waals surface area (Å²) in [7, 11) is 0. The zero-order valence-electron chi connectivity index (χ0n) is 11.6. The van der Waals surface area contributed by atoms with Crippen LogP contribution in [-0.4, -0.2) is 41.1 Å². The van der Waals surface area contributed by atoms with Gasteiger partial charge in [-0.05, 0) is 40.9 Å². The maximum atomic E-state index is 5.81. The van der Waals surface area contributed by atoms with Crippen LogP contribution in [0.15, 0.2) is 29.0 Å². The first kappa shape index (κ1) is 15.2. The third kappa shape index (κ3) is 3.55. The molecule has 0 N–H and O–H groups in total. The smallest absolute Gasteiger partial charge is 0.112 e. The van der Waals surface area contributed by atoms with E-state index in [2.05, 4.69) is 52.8 Å². The fraction of sp³-hybridized carbons (Fsp3) is 0.467. The van der Waals surface area contributed by atoms with Crippen LogP contribution in [0, 0.1) is 0 Å². The molecule has 0 saturated carbocycles. The van der Waals surface area contributed by atoms with E-state index in [1.54, 1.807) is 0 Å². The van der Waals surface area contributed by atoms with Gasteiger partial charge in [-0.25, -0.2) is 0 Å². The highest BCUT2D eigenvalue weighted by Gasteiger charge is 2.21. The first-order valence-electron chi connectivity index (χ1n) is 7.10. The monoisotopic (exact) mass is 413 g/mol. The number of fused-ring (bicyclic) bond motifs is 1. The Hall–Kier alpha value is -0.720. The molecule has 1 saturated heterocycles. The molecule has 0 bridgehead atoms. The number of nitrogens with zero attached hydrogens (tertiary/aromatic N) is 3. The second-order valence-electron chi connectivity index (χ2n) is 5.10. The van der Waals surface area contributed by atoms with Crippen LogP contribution in [0.3, 0.4) is 0 Å². The molecule has 2 aromatic heterocycles. The Kier molecular flexibility index (Phi) is 5.08. The molecule has 1 aliphatic rings. The average Bonchev–Trinajstić information content (AvgIpc) is 2.52. The van der Waals surface area contributed by atoms with Crippen LogP contribution in [-0.2, 0) is 4.74 Å². The molecule has 0 unspecified atom stereocenters.